The van der Waals surface area contributed by atoms with E-state index in [2.05, 4.69) is 10.6 Å². The second kappa shape index (κ2) is 6.56. The van der Waals surface area contributed by atoms with Gasteiger partial charge in [0.15, 0.2) is 0 Å². The van der Waals surface area contributed by atoms with Gasteiger partial charge in [-0.05, 0) is 24.6 Å². The molecule has 3 heterocycles. The summed E-state index contributed by atoms with van der Waals surface area (Å²) in [5, 5.41) is 6.32. The van der Waals surface area contributed by atoms with Gasteiger partial charge in [0.05, 0.1) is 11.8 Å². The zero-order valence-corrected chi connectivity index (χ0v) is 16.1. The number of anilines is 1. The number of fused-ring (bicyclic) bond motifs is 4. The predicted octanol–water partition coefficient (Wildman–Crippen LogP) is 0.736. The fourth-order valence-electron chi connectivity index (χ4n) is 4.76. The third-order valence-electron chi connectivity index (χ3n) is 5.92. The van der Waals surface area contributed by atoms with Crippen LogP contribution in [0.25, 0.3) is 0 Å². The van der Waals surface area contributed by atoms with E-state index in [1.54, 1.807) is 18.2 Å². The van der Waals surface area contributed by atoms with Crippen molar-refractivity contribution in [3.63, 3.8) is 0 Å². The molecule has 1 spiro atoms. The zero-order chi connectivity index (χ0) is 20.2. The lowest BCUT2D eigenvalue weighted by molar-refractivity contribution is -0.142. The van der Waals surface area contributed by atoms with Crippen LogP contribution in [0.4, 0.5) is 5.69 Å². The number of hydrogen-bond acceptors (Lipinski definition) is 5. The summed E-state index contributed by atoms with van der Waals surface area (Å²) < 4.78 is 0. The molecular weight excluding hydrogens is 384 g/mol. The number of imide groups is 1. The van der Waals surface area contributed by atoms with Gasteiger partial charge >= 0.3 is 0 Å². The van der Waals surface area contributed by atoms with Crippen LogP contribution in [0.3, 0.4) is 0 Å². The summed E-state index contributed by atoms with van der Waals surface area (Å²) in [7, 11) is 0. The number of carbonyl (C=O) groups excluding carboxylic acids is 4. The van der Waals surface area contributed by atoms with Crippen molar-refractivity contribution in [2.45, 2.75) is 37.8 Å². The average Bonchev–Trinajstić information content (AvgIpc) is 3.19. The predicted molar refractivity (Wildman–Crippen MR) is 101 cm³/mol. The maximum absolute atomic E-state index is 13.3. The molecule has 4 atom stereocenters. The Labute approximate surface area is 166 Å². The molecule has 3 aliphatic heterocycles. The molecule has 4 N–H and O–H groups in total. The van der Waals surface area contributed by atoms with Gasteiger partial charge < -0.3 is 11.1 Å². The van der Waals surface area contributed by atoms with Crippen molar-refractivity contribution in [1.82, 2.24) is 10.2 Å². The van der Waals surface area contributed by atoms with Crippen molar-refractivity contribution in [3.8, 4) is 0 Å². The third-order valence-corrected chi connectivity index (χ3v) is 6.16. The van der Waals surface area contributed by atoms with Crippen molar-refractivity contribution < 1.29 is 19.2 Å². The molecule has 0 saturated carbocycles. The smallest absolute Gasteiger partial charge is 0.250 e. The summed E-state index contributed by atoms with van der Waals surface area (Å²) in [6.07, 6.45) is 1.35. The highest BCUT2D eigenvalue weighted by atomic mass is 35.5. The lowest BCUT2D eigenvalue weighted by Crippen LogP contribution is -2.53. The number of nitrogens with zero attached hydrogens (tertiary/aromatic N) is 1. The van der Waals surface area contributed by atoms with E-state index in [4.69, 9.17) is 17.3 Å². The quantitative estimate of drug-likeness (QED) is 0.625. The Morgan fingerprint density at radius 2 is 2.04 bits per heavy atom. The van der Waals surface area contributed by atoms with E-state index < -0.39 is 41.1 Å². The molecule has 0 radical (unpaired) electrons. The number of likely N-dealkylation sites (tertiary alicyclic amines) is 1. The van der Waals surface area contributed by atoms with E-state index in [1.165, 1.54) is 4.90 Å². The van der Waals surface area contributed by atoms with Gasteiger partial charge in [0.2, 0.25) is 23.6 Å². The Hall–Kier alpha value is -2.45. The highest BCUT2D eigenvalue weighted by Crippen LogP contribution is 2.53. The SMILES string of the molecule is CCCCN1C(=O)[C@@H]2C(CC(N)=O)NC3(C(=O)Nc4ccc(Cl)cc43)[C@@H]2C1=O. The van der Waals surface area contributed by atoms with E-state index in [-0.39, 0.29) is 12.3 Å². The van der Waals surface area contributed by atoms with Gasteiger partial charge in [-0.15, -0.1) is 0 Å². The first-order valence-electron chi connectivity index (χ1n) is 9.34. The minimum atomic E-state index is -1.45. The number of halogens is 1. The summed E-state index contributed by atoms with van der Waals surface area (Å²) in [5.74, 6) is -3.56. The molecule has 28 heavy (non-hydrogen) atoms. The number of carbonyl (C=O) groups is 4. The fourth-order valence-corrected chi connectivity index (χ4v) is 4.93. The Morgan fingerprint density at radius 3 is 2.71 bits per heavy atom. The van der Waals surface area contributed by atoms with Gasteiger partial charge in [0.25, 0.3) is 0 Å². The summed E-state index contributed by atoms with van der Waals surface area (Å²) in [6, 6.07) is 4.22. The Kier molecular flexibility index (Phi) is 4.43. The Morgan fingerprint density at radius 1 is 1.29 bits per heavy atom. The summed E-state index contributed by atoms with van der Waals surface area (Å²) >= 11 is 6.16. The summed E-state index contributed by atoms with van der Waals surface area (Å²) in [6.45, 7) is 2.26. The summed E-state index contributed by atoms with van der Waals surface area (Å²) in [4.78, 5) is 52.3. The molecule has 4 amide bonds. The van der Waals surface area contributed by atoms with Crippen LogP contribution in [0.1, 0.15) is 31.7 Å². The van der Waals surface area contributed by atoms with Gasteiger partial charge in [0.1, 0.15) is 5.54 Å². The molecular formula is C19H21ClN4O4. The number of nitrogens with two attached hydrogens (primary N) is 1. The topological polar surface area (TPSA) is 122 Å². The normalized spacial score (nSPS) is 30.7. The first-order chi connectivity index (χ1) is 13.3. The first-order valence-corrected chi connectivity index (χ1v) is 9.71. The molecule has 2 unspecified atom stereocenters. The van der Waals surface area contributed by atoms with Crippen LogP contribution in [-0.2, 0) is 24.7 Å². The molecule has 8 nitrogen and oxygen atoms in total. The van der Waals surface area contributed by atoms with Crippen molar-refractivity contribution in [3.05, 3.63) is 28.8 Å². The number of amides is 4. The molecule has 9 heteroatoms. The number of primary amides is 1. The molecule has 148 valence electrons. The highest BCUT2D eigenvalue weighted by Gasteiger charge is 2.70. The van der Waals surface area contributed by atoms with Crippen molar-refractivity contribution in [1.29, 1.82) is 0 Å². The minimum absolute atomic E-state index is 0.146. The van der Waals surface area contributed by atoms with Crippen LogP contribution in [0.15, 0.2) is 18.2 Å². The minimum Gasteiger partial charge on any atom is -0.370 e. The molecule has 2 saturated heterocycles. The Balaban J connectivity index is 1.85. The second-order valence-electron chi connectivity index (χ2n) is 7.56. The lowest BCUT2D eigenvalue weighted by atomic mass is 9.76. The van der Waals surface area contributed by atoms with Gasteiger partial charge in [-0.3, -0.25) is 29.4 Å². The number of unbranched alkanes of at least 4 members (excludes halogenated alkanes) is 1. The zero-order valence-electron chi connectivity index (χ0n) is 15.3. The van der Waals surface area contributed by atoms with Gasteiger partial charge in [-0.25, -0.2) is 0 Å². The van der Waals surface area contributed by atoms with Crippen molar-refractivity contribution in [2.75, 3.05) is 11.9 Å². The van der Waals surface area contributed by atoms with E-state index in [1.807, 2.05) is 6.92 Å². The molecule has 4 rings (SSSR count). The standard InChI is InChI=1S/C19H21ClN4O4/c1-2-3-6-24-16(26)14-12(8-13(21)25)23-19(15(14)17(24)27)10-7-9(20)4-5-11(10)22-18(19)28/h4-5,7,12,14-15,23H,2-3,6,8H2,1H3,(H2,21,25)(H,22,28)/t12?,14-,15+,19?/m1/s1. The van der Waals surface area contributed by atoms with Gasteiger partial charge in [0, 0.05) is 35.3 Å². The Bertz CT molecular complexity index is 904. The second-order valence-corrected chi connectivity index (χ2v) is 7.99. The summed E-state index contributed by atoms with van der Waals surface area (Å²) in [5.41, 5.74) is 4.99. The lowest BCUT2D eigenvalue weighted by Gasteiger charge is -2.29. The highest BCUT2D eigenvalue weighted by molar-refractivity contribution is 6.31. The van der Waals surface area contributed by atoms with E-state index in [0.29, 0.717) is 29.2 Å². The van der Waals surface area contributed by atoms with E-state index in [0.717, 1.165) is 6.42 Å². The molecule has 3 aliphatic rings. The van der Waals surface area contributed by atoms with Crippen LogP contribution in [0.5, 0.6) is 0 Å². The third kappa shape index (κ3) is 2.48. The van der Waals surface area contributed by atoms with E-state index in [9.17, 15) is 19.2 Å². The van der Waals surface area contributed by atoms with E-state index >= 15 is 0 Å². The molecule has 1 aromatic rings. The number of nitrogens with one attached hydrogen (secondary N) is 2. The first kappa shape index (κ1) is 18.9. The van der Waals surface area contributed by atoms with Crippen LogP contribution in [0, 0.1) is 11.8 Å². The molecule has 2 fully saturated rings. The van der Waals surface area contributed by atoms with Crippen LogP contribution in [-0.4, -0.2) is 41.1 Å². The largest absolute Gasteiger partial charge is 0.370 e. The number of benzene rings is 1. The molecule has 0 bridgehead atoms. The number of hydrogen-bond donors (Lipinski definition) is 3. The molecule has 1 aromatic carbocycles. The fraction of sp³-hybridized carbons (Fsp3) is 0.474. The maximum atomic E-state index is 13.3. The maximum Gasteiger partial charge on any atom is 0.250 e. The van der Waals surface area contributed by atoms with Gasteiger partial charge in [-0.2, -0.15) is 0 Å². The van der Waals surface area contributed by atoms with Crippen LogP contribution in [0.2, 0.25) is 5.02 Å². The average molecular weight is 405 g/mol. The van der Waals surface area contributed by atoms with Crippen LogP contribution < -0.4 is 16.4 Å². The molecule has 0 aliphatic carbocycles. The van der Waals surface area contributed by atoms with Crippen molar-refractivity contribution >= 4 is 40.9 Å². The van der Waals surface area contributed by atoms with Crippen molar-refractivity contribution in [2.24, 2.45) is 17.6 Å². The van der Waals surface area contributed by atoms with Gasteiger partial charge in [-0.1, -0.05) is 24.9 Å². The molecule has 0 aromatic heterocycles. The monoisotopic (exact) mass is 404 g/mol. The van der Waals surface area contributed by atoms with Crippen LogP contribution >= 0.6 is 11.6 Å². The number of rotatable bonds is 5.